The van der Waals surface area contributed by atoms with Gasteiger partial charge in [0.15, 0.2) is 11.0 Å². The molecule has 51 heavy (non-hydrogen) atoms. The molecular formula is C31H25F7N6O6S. The Labute approximate surface area is 287 Å². The van der Waals surface area contributed by atoms with Crippen molar-refractivity contribution >= 4 is 40.2 Å². The summed E-state index contributed by atoms with van der Waals surface area (Å²) < 4.78 is 98.7. The number of carbonyl (C=O) groups is 2. The molecule has 20 heteroatoms. The Hall–Kier alpha value is -5.05. The molecule has 5 rings (SSSR count). The highest BCUT2D eigenvalue weighted by molar-refractivity contribution is 8.17. The second kappa shape index (κ2) is 14.7. The maximum atomic E-state index is 15.2. The number of aryl methyl sites for hydroxylation is 1. The summed E-state index contributed by atoms with van der Waals surface area (Å²) in [6, 6.07) is 11.5. The SMILES string of the molecule is Cc1ccc(COCC(F)(F)F)c(N2C(=O)C(CO)(CO)S/C2=N\C(=O)Nc2ccc(-c3ncn(-c4ccc(OC(F)(F)F)cc4)n3)cc2F)c1. The smallest absolute Gasteiger partial charge is 0.406 e. The predicted molar refractivity (Wildman–Crippen MR) is 169 cm³/mol. The molecule has 12 nitrogen and oxygen atoms in total. The summed E-state index contributed by atoms with van der Waals surface area (Å²) in [5.41, 5.74) is 0.766. The van der Waals surface area contributed by atoms with E-state index in [0.29, 0.717) is 23.0 Å². The number of amidine groups is 1. The molecule has 1 aliphatic heterocycles. The van der Waals surface area contributed by atoms with Crippen molar-refractivity contribution in [1.29, 1.82) is 0 Å². The first-order valence-corrected chi connectivity index (χ1v) is 15.3. The number of nitrogens with one attached hydrogen (secondary N) is 1. The molecule has 1 aromatic heterocycles. The van der Waals surface area contributed by atoms with E-state index >= 15 is 4.39 Å². The number of hydrogen-bond donors (Lipinski definition) is 3. The van der Waals surface area contributed by atoms with Gasteiger partial charge in [0, 0.05) is 11.1 Å². The molecule has 3 N–H and O–H groups in total. The number of aliphatic imine (C=N–C) groups is 1. The van der Waals surface area contributed by atoms with E-state index in [1.807, 2.05) is 0 Å². The molecule has 0 bridgehead atoms. The topological polar surface area (TPSA) is 151 Å². The minimum absolute atomic E-state index is 0.0157. The lowest BCUT2D eigenvalue weighted by molar-refractivity contribution is -0.274. The van der Waals surface area contributed by atoms with Gasteiger partial charge in [0.25, 0.3) is 5.91 Å². The maximum absolute atomic E-state index is 15.2. The third-order valence-corrected chi connectivity index (χ3v) is 8.36. The molecule has 0 radical (unpaired) electrons. The molecule has 1 saturated heterocycles. The number of aliphatic hydroxyl groups is 2. The van der Waals surface area contributed by atoms with E-state index in [2.05, 4.69) is 25.1 Å². The van der Waals surface area contributed by atoms with Gasteiger partial charge in [-0.1, -0.05) is 23.9 Å². The molecule has 270 valence electrons. The number of hydrogen-bond acceptors (Lipinski definition) is 9. The number of rotatable bonds is 10. The number of nitrogens with zero attached hydrogens (tertiary/aromatic N) is 5. The van der Waals surface area contributed by atoms with Gasteiger partial charge in [-0.25, -0.2) is 18.9 Å². The summed E-state index contributed by atoms with van der Waals surface area (Å²) in [7, 11) is 0. The lowest BCUT2D eigenvalue weighted by Gasteiger charge is -2.23. The van der Waals surface area contributed by atoms with Crippen molar-refractivity contribution in [2.24, 2.45) is 4.99 Å². The van der Waals surface area contributed by atoms with Crippen LogP contribution < -0.4 is 15.0 Å². The number of thioether (sulfide) groups is 1. The van der Waals surface area contributed by atoms with Gasteiger partial charge in [-0.2, -0.15) is 18.2 Å². The number of benzene rings is 3. The van der Waals surface area contributed by atoms with E-state index in [0.717, 1.165) is 23.1 Å². The molecule has 1 aliphatic rings. The number of alkyl halides is 6. The van der Waals surface area contributed by atoms with Crippen LogP contribution >= 0.6 is 11.8 Å². The van der Waals surface area contributed by atoms with Crippen molar-refractivity contribution in [1.82, 2.24) is 14.8 Å². The van der Waals surface area contributed by atoms with Crippen molar-refractivity contribution in [3.8, 4) is 22.8 Å². The summed E-state index contributed by atoms with van der Waals surface area (Å²) in [6.45, 7) is -2.33. The van der Waals surface area contributed by atoms with E-state index in [9.17, 15) is 46.1 Å². The van der Waals surface area contributed by atoms with Gasteiger partial charge in [0.1, 0.15) is 29.2 Å². The number of ether oxygens (including phenoxy) is 2. The summed E-state index contributed by atoms with van der Waals surface area (Å²) >= 11 is 0.533. The number of anilines is 2. The van der Waals surface area contributed by atoms with Crippen molar-refractivity contribution in [3.63, 3.8) is 0 Å². The second-order valence-electron chi connectivity index (χ2n) is 10.9. The fourth-order valence-corrected chi connectivity index (χ4v) is 5.73. The monoisotopic (exact) mass is 742 g/mol. The summed E-state index contributed by atoms with van der Waals surface area (Å²) in [5.74, 6) is -2.30. The average Bonchev–Trinajstić information content (AvgIpc) is 3.65. The van der Waals surface area contributed by atoms with Gasteiger partial charge in [-0.15, -0.1) is 18.3 Å². The number of urea groups is 1. The van der Waals surface area contributed by atoms with Crippen LogP contribution in [-0.4, -0.2) is 79.2 Å². The van der Waals surface area contributed by atoms with E-state index in [4.69, 9.17) is 4.74 Å². The normalized spacial score (nSPS) is 15.5. The number of halogens is 7. The van der Waals surface area contributed by atoms with Crippen LogP contribution in [0.1, 0.15) is 11.1 Å². The quantitative estimate of drug-likeness (QED) is 0.173. The first-order valence-electron chi connectivity index (χ1n) is 14.5. The standard InChI is InChI=1S/C31H25F7N6O6S/c1-17-2-3-19(12-49-15-30(33,34)35)24(10-17)44-26(47)29(13-45,14-46)51-28(44)41-27(48)40-23-9-4-18(11-22(23)32)25-39-16-43(42-25)20-5-7-21(8-6-20)50-31(36,37)38/h2-11,16,45-46H,12-15H2,1H3,(H,40,48)/b41-28-. The molecule has 0 aliphatic carbocycles. The van der Waals surface area contributed by atoms with Gasteiger partial charge >= 0.3 is 18.6 Å². The van der Waals surface area contributed by atoms with Gasteiger partial charge in [-0.3, -0.25) is 9.69 Å². The number of carbonyl (C=O) groups excluding carboxylic acids is 2. The molecule has 0 atom stereocenters. The van der Waals surface area contributed by atoms with E-state index < -0.39 is 67.2 Å². The van der Waals surface area contributed by atoms with Crippen LogP contribution in [0, 0.1) is 12.7 Å². The zero-order chi connectivity index (χ0) is 37.1. The second-order valence-corrected chi connectivity index (χ2v) is 12.2. The van der Waals surface area contributed by atoms with Crippen molar-refractivity contribution in [2.45, 2.75) is 30.8 Å². The van der Waals surface area contributed by atoms with Crippen LogP contribution in [0.4, 0.5) is 46.9 Å². The van der Waals surface area contributed by atoms with Crippen LogP contribution in [0.15, 0.2) is 72.0 Å². The molecule has 0 spiro atoms. The summed E-state index contributed by atoms with van der Waals surface area (Å²) in [6.07, 6.45) is -8.25. The molecule has 0 unspecified atom stereocenters. The van der Waals surface area contributed by atoms with Crippen LogP contribution in [0.2, 0.25) is 0 Å². The Morgan fingerprint density at radius 1 is 1.02 bits per heavy atom. The molecule has 4 aromatic rings. The predicted octanol–water partition coefficient (Wildman–Crippen LogP) is 5.75. The molecule has 2 heterocycles. The van der Waals surface area contributed by atoms with Crippen LogP contribution in [0.3, 0.4) is 0 Å². The highest BCUT2D eigenvalue weighted by atomic mass is 32.2. The molecule has 3 amide bonds. The Bertz CT molecular complexity index is 1950. The van der Waals surface area contributed by atoms with Gasteiger partial charge in [0.2, 0.25) is 0 Å². The fourth-order valence-electron chi connectivity index (χ4n) is 4.68. The molecule has 1 fully saturated rings. The Balaban J connectivity index is 1.36. The fraction of sp³-hybridized carbons (Fsp3) is 0.258. The Morgan fingerprint density at radius 3 is 2.35 bits per heavy atom. The highest BCUT2D eigenvalue weighted by Crippen LogP contribution is 2.41. The largest absolute Gasteiger partial charge is 0.573 e. The Kier molecular flexibility index (Phi) is 10.7. The van der Waals surface area contributed by atoms with Crippen molar-refractivity contribution in [3.05, 3.63) is 83.9 Å². The van der Waals surface area contributed by atoms with Crippen LogP contribution in [0.25, 0.3) is 17.1 Å². The Morgan fingerprint density at radius 2 is 1.73 bits per heavy atom. The van der Waals surface area contributed by atoms with Gasteiger partial charge < -0.3 is 25.0 Å². The average molecular weight is 743 g/mol. The first kappa shape index (κ1) is 37.2. The molecular weight excluding hydrogens is 717 g/mol. The minimum Gasteiger partial charge on any atom is -0.406 e. The third-order valence-electron chi connectivity index (χ3n) is 7.08. The van der Waals surface area contributed by atoms with Gasteiger partial charge in [-0.05, 0) is 61.0 Å². The van der Waals surface area contributed by atoms with Crippen LogP contribution in [0.5, 0.6) is 5.75 Å². The lowest BCUT2D eigenvalue weighted by atomic mass is 10.1. The van der Waals surface area contributed by atoms with E-state index in [1.54, 1.807) is 13.0 Å². The highest BCUT2D eigenvalue weighted by Gasteiger charge is 2.52. The minimum atomic E-state index is -4.86. The number of amides is 3. The van der Waals surface area contributed by atoms with Crippen molar-refractivity contribution in [2.75, 3.05) is 30.0 Å². The van der Waals surface area contributed by atoms with Crippen molar-refractivity contribution < 1.29 is 60.0 Å². The zero-order valence-electron chi connectivity index (χ0n) is 26.0. The maximum Gasteiger partial charge on any atom is 0.573 e. The lowest BCUT2D eigenvalue weighted by Crippen LogP contribution is -2.45. The van der Waals surface area contributed by atoms with Gasteiger partial charge in [0.05, 0.1) is 36.9 Å². The molecule has 3 aromatic carbocycles. The summed E-state index contributed by atoms with van der Waals surface area (Å²) in [4.78, 5) is 35.4. The van der Waals surface area contributed by atoms with E-state index in [-0.39, 0.29) is 33.5 Å². The first-order chi connectivity index (χ1) is 24.0. The number of aliphatic hydroxyl groups excluding tert-OH is 2. The third kappa shape index (κ3) is 8.82. The number of aromatic nitrogens is 3. The summed E-state index contributed by atoms with van der Waals surface area (Å²) in [5, 5.41) is 26.1. The van der Waals surface area contributed by atoms with Crippen LogP contribution in [-0.2, 0) is 16.1 Å². The zero-order valence-corrected chi connectivity index (χ0v) is 26.8. The molecule has 0 saturated carbocycles. The van der Waals surface area contributed by atoms with E-state index in [1.165, 1.54) is 47.4 Å².